The quantitative estimate of drug-likeness (QED) is 0.837. The standard InChI is InChI=1S/C12H19ClN4/c1-9-6-15-12(16-11(9)13)17(2)8-10-4-3-5-14-7-10/h6,10,14H,3-5,7-8H2,1-2H3/t10-/m1/s1. The summed E-state index contributed by atoms with van der Waals surface area (Å²) < 4.78 is 0. The molecule has 0 amide bonds. The largest absolute Gasteiger partial charge is 0.344 e. The zero-order chi connectivity index (χ0) is 12.3. The number of nitrogens with one attached hydrogen (secondary N) is 1. The average molecular weight is 255 g/mol. The first-order valence-corrected chi connectivity index (χ1v) is 6.45. The van der Waals surface area contributed by atoms with E-state index in [0.29, 0.717) is 17.0 Å². The third-order valence-corrected chi connectivity index (χ3v) is 3.55. The zero-order valence-electron chi connectivity index (χ0n) is 10.4. The first-order chi connectivity index (χ1) is 8.16. The number of aromatic nitrogens is 2. The van der Waals surface area contributed by atoms with Gasteiger partial charge in [0, 0.05) is 25.4 Å². The molecular weight excluding hydrogens is 236 g/mol. The van der Waals surface area contributed by atoms with Gasteiger partial charge in [0.05, 0.1) is 0 Å². The molecule has 2 heterocycles. The number of anilines is 1. The van der Waals surface area contributed by atoms with Gasteiger partial charge in [0.15, 0.2) is 0 Å². The molecular formula is C12H19ClN4. The Morgan fingerprint density at radius 2 is 2.41 bits per heavy atom. The van der Waals surface area contributed by atoms with Crippen LogP contribution in [0.25, 0.3) is 0 Å². The van der Waals surface area contributed by atoms with Crippen molar-refractivity contribution in [3.05, 3.63) is 16.9 Å². The molecule has 0 bridgehead atoms. The molecule has 0 aromatic carbocycles. The lowest BCUT2D eigenvalue weighted by Gasteiger charge is -2.27. The lowest BCUT2D eigenvalue weighted by atomic mass is 9.99. The Bertz CT molecular complexity index is 377. The Morgan fingerprint density at radius 1 is 1.59 bits per heavy atom. The molecule has 94 valence electrons. The Hall–Kier alpha value is -0.870. The van der Waals surface area contributed by atoms with Crippen molar-refractivity contribution in [1.82, 2.24) is 15.3 Å². The number of aryl methyl sites for hydroxylation is 1. The minimum atomic E-state index is 0.545. The molecule has 1 atom stereocenters. The monoisotopic (exact) mass is 254 g/mol. The van der Waals surface area contributed by atoms with Crippen LogP contribution >= 0.6 is 11.6 Å². The highest BCUT2D eigenvalue weighted by Crippen LogP contribution is 2.17. The highest BCUT2D eigenvalue weighted by molar-refractivity contribution is 6.30. The Kier molecular flexibility index (Phi) is 4.18. The molecule has 1 fully saturated rings. The van der Waals surface area contributed by atoms with Crippen LogP contribution in [0.15, 0.2) is 6.20 Å². The van der Waals surface area contributed by atoms with E-state index in [1.807, 2.05) is 14.0 Å². The minimum Gasteiger partial charge on any atom is -0.344 e. The van der Waals surface area contributed by atoms with Gasteiger partial charge in [-0.05, 0) is 38.8 Å². The molecule has 0 spiro atoms. The van der Waals surface area contributed by atoms with Crippen molar-refractivity contribution in [2.75, 3.05) is 31.6 Å². The zero-order valence-corrected chi connectivity index (χ0v) is 11.2. The van der Waals surface area contributed by atoms with Crippen LogP contribution in [0.4, 0.5) is 5.95 Å². The fourth-order valence-electron chi connectivity index (χ4n) is 2.15. The molecule has 5 heteroatoms. The summed E-state index contributed by atoms with van der Waals surface area (Å²) in [6, 6.07) is 0. The van der Waals surface area contributed by atoms with Crippen LogP contribution in [0.2, 0.25) is 5.15 Å². The molecule has 0 unspecified atom stereocenters. The van der Waals surface area contributed by atoms with Gasteiger partial charge in [-0.3, -0.25) is 0 Å². The number of nitrogens with zero attached hydrogens (tertiary/aromatic N) is 3. The van der Waals surface area contributed by atoms with Crippen LogP contribution in [-0.2, 0) is 0 Å². The Morgan fingerprint density at radius 3 is 3.06 bits per heavy atom. The number of hydrogen-bond acceptors (Lipinski definition) is 4. The van der Waals surface area contributed by atoms with Crippen LogP contribution in [0.3, 0.4) is 0 Å². The Labute approximate surface area is 107 Å². The lowest BCUT2D eigenvalue weighted by molar-refractivity contribution is 0.380. The van der Waals surface area contributed by atoms with Gasteiger partial charge in [0.2, 0.25) is 5.95 Å². The smallest absolute Gasteiger partial charge is 0.226 e. The van der Waals surface area contributed by atoms with Gasteiger partial charge in [0.1, 0.15) is 5.15 Å². The normalized spacial score (nSPS) is 20.3. The third-order valence-electron chi connectivity index (χ3n) is 3.17. The predicted octanol–water partition coefficient (Wildman–Crippen LogP) is 1.87. The molecule has 0 aliphatic carbocycles. The fraction of sp³-hybridized carbons (Fsp3) is 0.667. The SMILES string of the molecule is Cc1cnc(N(C)C[C@@H]2CCCNC2)nc1Cl. The maximum atomic E-state index is 6.01. The number of halogens is 1. The molecule has 4 nitrogen and oxygen atoms in total. The molecule has 1 aliphatic heterocycles. The second-order valence-corrected chi connectivity index (χ2v) is 5.09. The van der Waals surface area contributed by atoms with Crippen molar-refractivity contribution in [3.8, 4) is 0 Å². The summed E-state index contributed by atoms with van der Waals surface area (Å²) in [5.74, 6) is 1.39. The van der Waals surface area contributed by atoms with E-state index in [1.54, 1.807) is 6.20 Å². The first-order valence-electron chi connectivity index (χ1n) is 6.08. The van der Waals surface area contributed by atoms with E-state index < -0.39 is 0 Å². The van der Waals surface area contributed by atoms with Gasteiger partial charge in [-0.15, -0.1) is 0 Å². The summed E-state index contributed by atoms with van der Waals surface area (Å²) in [7, 11) is 2.02. The second kappa shape index (κ2) is 5.65. The average Bonchev–Trinajstić information content (AvgIpc) is 2.34. The van der Waals surface area contributed by atoms with Crippen molar-refractivity contribution in [3.63, 3.8) is 0 Å². The second-order valence-electron chi connectivity index (χ2n) is 4.74. The van der Waals surface area contributed by atoms with Crippen LogP contribution in [0.1, 0.15) is 18.4 Å². The minimum absolute atomic E-state index is 0.545. The summed E-state index contributed by atoms with van der Waals surface area (Å²) in [5, 5.41) is 3.96. The van der Waals surface area contributed by atoms with E-state index in [-0.39, 0.29) is 0 Å². The van der Waals surface area contributed by atoms with Crippen LogP contribution in [0, 0.1) is 12.8 Å². The van der Waals surface area contributed by atoms with Gasteiger partial charge in [-0.2, -0.15) is 0 Å². The molecule has 0 radical (unpaired) electrons. The molecule has 2 rings (SSSR count). The highest BCUT2D eigenvalue weighted by Gasteiger charge is 2.16. The topological polar surface area (TPSA) is 41.1 Å². The predicted molar refractivity (Wildman–Crippen MR) is 70.6 cm³/mol. The molecule has 17 heavy (non-hydrogen) atoms. The van der Waals surface area contributed by atoms with E-state index in [2.05, 4.69) is 20.2 Å². The summed E-state index contributed by atoms with van der Waals surface area (Å²) in [5.41, 5.74) is 0.920. The van der Waals surface area contributed by atoms with Crippen molar-refractivity contribution < 1.29 is 0 Å². The summed E-state index contributed by atoms with van der Waals surface area (Å²) in [4.78, 5) is 10.7. The summed E-state index contributed by atoms with van der Waals surface area (Å²) in [6.07, 6.45) is 4.31. The first kappa shape index (κ1) is 12.6. The Balaban J connectivity index is 1.98. The van der Waals surface area contributed by atoms with E-state index in [1.165, 1.54) is 12.8 Å². The van der Waals surface area contributed by atoms with Crippen LogP contribution in [-0.4, -0.2) is 36.6 Å². The third kappa shape index (κ3) is 3.30. The molecule has 1 aromatic rings. The lowest BCUT2D eigenvalue weighted by Crippen LogP contribution is -2.37. The summed E-state index contributed by atoms with van der Waals surface area (Å²) in [6.45, 7) is 5.13. The van der Waals surface area contributed by atoms with Crippen LogP contribution in [0.5, 0.6) is 0 Å². The van der Waals surface area contributed by atoms with Crippen molar-refractivity contribution >= 4 is 17.5 Å². The van der Waals surface area contributed by atoms with Gasteiger partial charge in [-0.25, -0.2) is 9.97 Å². The van der Waals surface area contributed by atoms with E-state index >= 15 is 0 Å². The number of piperidine rings is 1. The maximum Gasteiger partial charge on any atom is 0.226 e. The fourth-order valence-corrected chi connectivity index (χ4v) is 2.27. The van der Waals surface area contributed by atoms with Gasteiger partial charge >= 0.3 is 0 Å². The molecule has 1 N–H and O–H groups in total. The van der Waals surface area contributed by atoms with Gasteiger partial charge in [-0.1, -0.05) is 11.6 Å². The van der Waals surface area contributed by atoms with Crippen LogP contribution < -0.4 is 10.2 Å². The number of hydrogen-bond donors (Lipinski definition) is 1. The van der Waals surface area contributed by atoms with Crippen molar-refractivity contribution in [2.24, 2.45) is 5.92 Å². The highest BCUT2D eigenvalue weighted by atomic mass is 35.5. The summed E-state index contributed by atoms with van der Waals surface area (Å²) >= 11 is 6.01. The van der Waals surface area contributed by atoms with E-state index in [4.69, 9.17) is 11.6 Å². The van der Waals surface area contributed by atoms with Gasteiger partial charge in [0.25, 0.3) is 0 Å². The van der Waals surface area contributed by atoms with Crippen molar-refractivity contribution in [1.29, 1.82) is 0 Å². The molecule has 1 saturated heterocycles. The molecule has 1 aliphatic rings. The van der Waals surface area contributed by atoms with Crippen molar-refractivity contribution in [2.45, 2.75) is 19.8 Å². The van der Waals surface area contributed by atoms with E-state index in [0.717, 1.165) is 25.2 Å². The molecule has 0 saturated carbocycles. The van der Waals surface area contributed by atoms with E-state index in [9.17, 15) is 0 Å². The maximum absolute atomic E-state index is 6.01. The van der Waals surface area contributed by atoms with Gasteiger partial charge < -0.3 is 10.2 Å². The number of rotatable bonds is 3. The molecule has 1 aromatic heterocycles.